The predicted octanol–water partition coefficient (Wildman–Crippen LogP) is 4.35. The van der Waals surface area contributed by atoms with E-state index in [1.54, 1.807) is 44.2 Å². The van der Waals surface area contributed by atoms with E-state index in [0.717, 1.165) is 10.4 Å². The summed E-state index contributed by atoms with van der Waals surface area (Å²) in [5.41, 5.74) is 0.285. The molecule has 2 aromatic rings. The SMILES string of the molecule is CC(C)(C)OC(=O)N(c1ccc(-c2cccs2)cc1)[N+](=O)[O-]. The zero-order chi connectivity index (χ0) is 16.3. The van der Waals surface area contributed by atoms with E-state index in [1.165, 1.54) is 12.1 Å². The standard InChI is InChI=1S/C15H16N2O4S/c1-15(2,3)21-14(18)16(17(19)20)12-8-6-11(7-9-12)13-5-4-10-22-13/h4-10H,1-3H3. The van der Waals surface area contributed by atoms with Gasteiger partial charge in [0.1, 0.15) is 11.3 Å². The van der Waals surface area contributed by atoms with Crippen molar-refractivity contribution >= 4 is 23.1 Å². The van der Waals surface area contributed by atoms with Gasteiger partial charge in [0.2, 0.25) is 0 Å². The van der Waals surface area contributed by atoms with E-state index < -0.39 is 16.7 Å². The summed E-state index contributed by atoms with van der Waals surface area (Å²) in [7, 11) is 0. The fourth-order valence-corrected chi connectivity index (χ4v) is 2.51. The molecular formula is C15H16N2O4S. The number of rotatable bonds is 3. The molecule has 0 aliphatic rings. The lowest BCUT2D eigenvalue weighted by Crippen LogP contribution is -2.40. The molecule has 0 atom stereocenters. The van der Waals surface area contributed by atoms with E-state index in [2.05, 4.69) is 0 Å². The molecule has 1 amide bonds. The molecule has 0 spiro atoms. The summed E-state index contributed by atoms with van der Waals surface area (Å²) in [6, 6.07) is 10.4. The van der Waals surface area contributed by atoms with Crippen LogP contribution < -0.4 is 5.01 Å². The van der Waals surface area contributed by atoms with Gasteiger partial charge in [-0.25, -0.2) is 14.9 Å². The highest BCUT2D eigenvalue weighted by atomic mass is 32.1. The van der Waals surface area contributed by atoms with E-state index >= 15 is 0 Å². The summed E-state index contributed by atoms with van der Waals surface area (Å²) in [5.74, 6) is 0. The number of hydrogen-bond donors (Lipinski definition) is 0. The Bertz CT molecular complexity index is 660. The normalized spacial score (nSPS) is 11.0. The van der Waals surface area contributed by atoms with Gasteiger partial charge in [-0.2, -0.15) is 0 Å². The molecule has 6 nitrogen and oxygen atoms in total. The molecule has 2 rings (SSSR count). The van der Waals surface area contributed by atoms with Gasteiger partial charge in [0.05, 0.1) is 0 Å². The van der Waals surface area contributed by atoms with Crippen LogP contribution in [0.25, 0.3) is 10.4 Å². The minimum atomic E-state index is -1.01. The molecule has 0 radical (unpaired) electrons. The molecule has 22 heavy (non-hydrogen) atoms. The molecule has 1 heterocycles. The molecule has 0 N–H and O–H groups in total. The summed E-state index contributed by atoms with van der Waals surface area (Å²) in [6.07, 6.45) is -1.01. The maximum Gasteiger partial charge on any atom is 0.473 e. The lowest BCUT2D eigenvalue weighted by Gasteiger charge is -2.21. The van der Waals surface area contributed by atoms with Crippen molar-refractivity contribution in [3.05, 3.63) is 51.9 Å². The van der Waals surface area contributed by atoms with Crippen molar-refractivity contribution in [3.63, 3.8) is 0 Å². The van der Waals surface area contributed by atoms with Gasteiger partial charge in [-0.1, -0.05) is 18.2 Å². The summed E-state index contributed by atoms with van der Waals surface area (Å²) in [6.45, 7) is 4.97. The van der Waals surface area contributed by atoms with Crippen molar-refractivity contribution in [3.8, 4) is 10.4 Å². The monoisotopic (exact) mass is 320 g/mol. The van der Waals surface area contributed by atoms with Crippen molar-refractivity contribution in [2.75, 3.05) is 5.01 Å². The van der Waals surface area contributed by atoms with Crippen LogP contribution in [0.1, 0.15) is 20.8 Å². The second-order valence-electron chi connectivity index (χ2n) is 5.55. The first-order valence-electron chi connectivity index (χ1n) is 6.59. The number of amides is 1. The van der Waals surface area contributed by atoms with Crippen LogP contribution in [0.3, 0.4) is 0 Å². The zero-order valence-corrected chi connectivity index (χ0v) is 13.3. The maximum absolute atomic E-state index is 12.0. The third-order valence-electron chi connectivity index (χ3n) is 2.65. The van der Waals surface area contributed by atoms with E-state index in [4.69, 9.17) is 4.74 Å². The topological polar surface area (TPSA) is 72.7 Å². The van der Waals surface area contributed by atoms with Crippen LogP contribution in [0.15, 0.2) is 41.8 Å². The highest BCUT2D eigenvalue weighted by Crippen LogP contribution is 2.27. The smallest absolute Gasteiger partial charge is 0.440 e. The molecule has 0 bridgehead atoms. The van der Waals surface area contributed by atoms with E-state index in [9.17, 15) is 14.9 Å². The van der Waals surface area contributed by atoms with Crippen LogP contribution >= 0.6 is 11.3 Å². The Hall–Kier alpha value is -2.41. The Morgan fingerprint density at radius 1 is 1.23 bits per heavy atom. The molecule has 0 unspecified atom stereocenters. The molecule has 0 aliphatic carbocycles. The van der Waals surface area contributed by atoms with E-state index in [-0.39, 0.29) is 5.69 Å². The van der Waals surface area contributed by atoms with E-state index in [1.807, 2.05) is 17.5 Å². The largest absolute Gasteiger partial charge is 0.473 e. The van der Waals surface area contributed by atoms with Crippen molar-refractivity contribution in [2.24, 2.45) is 0 Å². The summed E-state index contributed by atoms with van der Waals surface area (Å²) < 4.78 is 5.07. The predicted molar refractivity (Wildman–Crippen MR) is 85.5 cm³/mol. The second-order valence-corrected chi connectivity index (χ2v) is 6.50. The van der Waals surface area contributed by atoms with Crippen LogP contribution in [-0.4, -0.2) is 16.7 Å². The number of nitro groups is 1. The summed E-state index contributed by atoms with van der Waals surface area (Å²) in [5, 5.41) is 12.7. The Labute approximate surface area is 132 Å². The number of carbonyl (C=O) groups is 1. The molecule has 116 valence electrons. The fourth-order valence-electron chi connectivity index (χ4n) is 1.78. The Kier molecular flexibility index (Phi) is 4.46. The van der Waals surface area contributed by atoms with Gasteiger partial charge in [-0.05, 0) is 49.9 Å². The average Bonchev–Trinajstić information content (AvgIpc) is 2.91. The quantitative estimate of drug-likeness (QED) is 0.622. The number of thiophene rings is 1. The number of ether oxygens (including phenoxy) is 1. The molecule has 1 aromatic heterocycles. The highest BCUT2D eigenvalue weighted by Gasteiger charge is 2.32. The van der Waals surface area contributed by atoms with Gasteiger partial charge < -0.3 is 4.74 Å². The Balaban J connectivity index is 2.26. The molecule has 0 saturated carbocycles. The molecule has 0 fully saturated rings. The first-order valence-corrected chi connectivity index (χ1v) is 7.47. The van der Waals surface area contributed by atoms with Crippen LogP contribution in [0.5, 0.6) is 0 Å². The number of nitrogens with zero attached hydrogens (tertiary/aromatic N) is 2. The molecule has 0 saturated heterocycles. The van der Waals surface area contributed by atoms with E-state index in [0.29, 0.717) is 5.01 Å². The van der Waals surface area contributed by atoms with Crippen LogP contribution in [0.2, 0.25) is 0 Å². The molecular weight excluding hydrogens is 304 g/mol. The minimum absolute atomic E-state index is 0.152. The third kappa shape index (κ3) is 3.82. The van der Waals surface area contributed by atoms with Crippen molar-refractivity contribution in [1.82, 2.24) is 0 Å². The van der Waals surface area contributed by atoms with Gasteiger partial charge in [0, 0.05) is 9.89 Å². The number of hydrazine groups is 1. The number of benzene rings is 1. The van der Waals surface area contributed by atoms with Gasteiger partial charge in [0.25, 0.3) is 0 Å². The first-order chi connectivity index (χ1) is 10.3. The fraction of sp³-hybridized carbons (Fsp3) is 0.267. The van der Waals surface area contributed by atoms with Crippen LogP contribution in [0, 0.1) is 10.1 Å². The second kappa shape index (κ2) is 6.15. The maximum atomic E-state index is 12.0. The van der Waals surface area contributed by atoms with Gasteiger partial charge in [-0.3, -0.25) is 0 Å². The summed E-state index contributed by atoms with van der Waals surface area (Å²) >= 11 is 1.57. The zero-order valence-electron chi connectivity index (χ0n) is 12.5. The van der Waals surface area contributed by atoms with Crippen molar-refractivity contribution in [2.45, 2.75) is 26.4 Å². The van der Waals surface area contributed by atoms with Crippen molar-refractivity contribution in [1.29, 1.82) is 0 Å². The van der Waals surface area contributed by atoms with Gasteiger partial charge >= 0.3 is 6.09 Å². The third-order valence-corrected chi connectivity index (χ3v) is 3.57. The first kappa shape index (κ1) is 16.0. The number of carbonyl (C=O) groups excluding carboxylic acids is 1. The number of anilines is 1. The summed E-state index contributed by atoms with van der Waals surface area (Å²) in [4.78, 5) is 24.2. The Morgan fingerprint density at radius 2 is 1.86 bits per heavy atom. The highest BCUT2D eigenvalue weighted by molar-refractivity contribution is 7.13. The van der Waals surface area contributed by atoms with Crippen LogP contribution in [-0.2, 0) is 4.74 Å². The van der Waals surface area contributed by atoms with Crippen molar-refractivity contribution < 1.29 is 14.6 Å². The minimum Gasteiger partial charge on any atom is -0.440 e. The lowest BCUT2D eigenvalue weighted by atomic mass is 10.2. The molecule has 1 aromatic carbocycles. The average molecular weight is 320 g/mol. The molecule has 7 heteroatoms. The molecule has 0 aliphatic heterocycles. The van der Waals surface area contributed by atoms with Gasteiger partial charge in [-0.15, -0.1) is 11.3 Å². The number of hydrogen-bond acceptors (Lipinski definition) is 5. The van der Waals surface area contributed by atoms with Crippen LogP contribution in [0.4, 0.5) is 10.5 Å². The lowest BCUT2D eigenvalue weighted by molar-refractivity contribution is -0.484. The Morgan fingerprint density at radius 3 is 2.32 bits per heavy atom. The van der Waals surface area contributed by atoms with Gasteiger partial charge in [0.15, 0.2) is 5.03 Å².